The van der Waals surface area contributed by atoms with E-state index in [1.807, 2.05) is 30.9 Å². The molecule has 0 unspecified atom stereocenters. The molecule has 0 radical (unpaired) electrons. The number of likely N-dealkylation sites (tertiary alicyclic amines) is 1. The molecule has 1 aliphatic carbocycles. The third kappa shape index (κ3) is 2.52. The lowest BCUT2D eigenvalue weighted by Gasteiger charge is -2.39. The van der Waals surface area contributed by atoms with Crippen LogP contribution in [0.1, 0.15) is 36.9 Å². The number of aryl methyl sites for hydroxylation is 1. The van der Waals surface area contributed by atoms with Crippen LogP contribution in [0.2, 0.25) is 0 Å². The number of hydrogen-bond donors (Lipinski definition) is 0. The number of amides is 1. The molecule has 0 spiro atoms. The minimum absolute atomic E-state index is 0.297. The smallest absolute Gasteiger partial charge is 0.227 e. The zero-order valence-corrected chi connectivity index (χ0v) is 15.0. The predicted molar refractivity (Wildman–Crippen MR) is 94.5 cm³/mol. The Kier molecular flexibility index (Phi) is 3.85. The van der Waals surface area contributed by atoms with Crippen molar-refractivity contribution in [2.45, 2.75) is 44.6 Å². The van der Waals surface area contributed by atoms with Gasteiger partial charge in [-0.2, -0.15) is 4.98 Å². The molecule has 4 rings (SSSR count). The van der Waals surface area contributed by atoms with Crippen molar-refractivity contribution in [3.63, 3.8) is 0 Å². The molecule has 2 fully saturated rings. The summed E-state index contributed by atoms with van der Waals surface area (Å²) in [5, 5.41) is 0. The van der Waals surface area contributed by atoms with Gasteiger partial charge in [0, 0.05) is 46.2 Å². The van der Waals surface area contributed by atoms with Crippen molar-refractivity contribution in [3.05, 3.63) is 11.3 Å². The molecule has 3 aliphatic rings. The van der Waals surface area contributed by atoms with Gasteiger partial charge in [0.15, 0.2) is 0 Å². The number of hydrogen-bond acceptors (Lipinski definition) is 5. The summed E-state index contributed by atoms with van der Waals surface area (Å²) in [6.07, 6.45) is 6.39. The Morgan fingerprint density at radius 2 is 1.96 bits per heavy atom. The maximum atomic E-state index is 12.0. The molecule has 0 aromatic carbocycles. The van der Waals surface area contributed by atoms with Crippen LogP contribution in [0.3, 0.4) is 0 Å². The van der Waals surface area contributed by atoms with Gasteiger partial charge >= 0.3 is 0 Å². The quantitative estimate of drug-likeness (QED) is 0.823. The summed E-state index contributed by atoms with van der Waals surface area (Å²) in [5.74, 6) is 2.74. The molecule has 2 atom stereocenters. The van der Waals surface area contributed by atoms with E-state index in [2.05, 4.69) is 4.90 Å². The first-order chi connectivity index (χ1) is 11.5. The first-order valence-electron chi connectivity index (χ1n) is 9.12. The Morgan fingerprint density at radius 1 is 1.17 bits per heavy atom. The van der Waals surface area contributed by atoms with Gasteiger partial charge in [-0.15, -0.1) is 0 Å². The summed E-state index contributed by atoms with van der Waals surface area (Å²) in [4.78, 5) is 28.1. The minimum Gasteiger partial charge on any atom is -0.354 e. The lowest BCUT2D eigenvalue weighted by molar-refractivity contribution is -0.127. The zero-order valence-electron chi connectivity index (χ0n) is 15.0. The monoisotopic (exact) mass is 329 g/mol. The number of likely N-dealkylation sites (N-methyl/N-ethyl adjacent to an activating group) is 1. The van der Waals surface area contributed by atoms with Crippen LogP contribution < -0.4 is 9.80 Å². The maximum Gasteiger partial charge on any atom is 0.227 e. The topological polar surface area (TPSA) is 52.6 Å². The highest BCUT2D eigenvalue weighted by molar-refractivity contribution is 5.79. The van der Waals surface area contributed by atoms with Crippen molar-refractivity contribution in [3.8, 4) is 0 Å². The Hall–Kier alpha value is -1.85. The van der Waals surface area contributed by atoms with Crippen LogP contribution in [-0.4, -0.2) is 61.0 Å². The first-order valence-corrected chi connectivity index (χ1v) is 9.12. The van der Waals surface area contributed by atoms with E-state index in [9.17, 15) is 4.79 Å². The number of carbonyl (C=O) groups is 1. The van der Waals surface area contributed by atoms with Gasteiger partial charge in [-0.05, 0) is 38.0 Å². The highest BCUT2D eigenvalue weighted by Gasteiger charge is 2.41. The van der Waals surface area contributed by atoms with Crippen molar-refractivity contribution in [1.29, 1.82) is 0 Å². The van der Waals surface area contributed by atoms with E-state index in [1.54, 1.807) is 0 Å². The lowest BCUT2D eigenvalue weighted by Crippen LogP contribution is -2.48. The number of fused-ring (bicyclic) bond motifs is 2. The van der Waals surface area contributed by atoms with Crippen LogP contribution in [0.5, 0.6) is 0 Å². The molecular formula is C18H27N5O. The van der Waals surface area contributed by atoms with E-state index in [1.165, 1.54) is 24.1 Å². The van der Waals surface area contributed by atoms with Gasteiger partial charge in [0.2, 0.25) is 11.9 Å². The van der Waals surface area contributed by atoms with Gasteiger partial charge in [-0.3, -0.25) is 4.79 Å². The second kappa shape index (κ2) is 5.90. The fraction of sp³-hybridized carbons (Fsp3) is 0.722. The highest BCUT2D eigenvalue weighted by atomic mass is 16.2. The summed E-state index contributed by atoms with van der Waals surface area (Å²) in [5.41, 5.74) is 2.57. The summed E-state index contributed by atoms with van der Waals surface area (Å²) in [6.45, 7) is 1.90. The summed E-state index contributed by atoms with van der Waals surface area (Å²) in [6, 6.07) is 0.336. The number of anilines is 2. The van der Waals surface area contributed by atoms with Gasteiger partial charge in [0.25, 0.3) is 0 Å². The second-order valence-electron chi connectivity index (χ2n) is 7.64. The maximum absolute atomic E-state index is 12.0. The number of carbonyl (C=O) groups excluding carboxylic acids is 1. The molecule has 2 aliphatic heterocycles. The van der Waals surface area contributed by atoms with E-state index in [0.29, 0.717) is 17.9 Å². The molecule has 1 aromatic heterocycles. The summed E-state index contributed by atoms with van der Waals surface area (Å²) < 4.78 is 0. The van der Waals surface area contributed by atoms with Crippen molar-refractivity contribution in [1.82, 2.24) is 14.9 Å². The van der Waals surface area contributed by atoms with Gasteiger partial charge < -0.3 is 14.7 Å². The summed E-state index contributed by atoms with van der Waals surface area (Å²) >= 11 is 0. The standard InChI is InChI=1S/C18H27N5O/c1-21(2)18-19-14-7-5-4-6-13(14)17(20-18)23-9-8-12-10-16(24)22(3)15(12)11-23/h12,15H,4-11H2,1-3H3/t12-,15-/m1/s1. The number of nitrogens with zero attached hydrogens (tertiary/aromatic N) is 5. The molecule has 3 heterocycles. The lowest BCUT2D eigenvalue weighted by atomic mass is 9.91. The number of aromatic nitrogens is 2. The van der Waals surface area contributed by atoms with E-state index in [-0.39, 0.29) is 0 Å². The predicted octanol–water partition coefficient (Wildman–Crippen LogP) is 1.48. The average Bonchev–Trinajstić information content (AvgIpc) is 2.88. The molecule has 0 N–H and O–H groups in total. The Balaban J connectivity index is 1.68. The van der Waals surface area contributed by atoms with Crippen LogP contribution in [0.25, 0.3) is 0 Å². The van der Waals surface area contributed by atoms with E-state index in [0.717, 1.165) is 50.5 Å². The fourth-order valence-electron chi connectivity index (χ4n) is 4.43. The van der Waals surface area contributed by atoms with Crippen molar-refractivity contribution >= 4 is 17.7 Å². The normalized spacial score (nSPS) is 26.4. The largest absolute Gasteiger partial charge is 0.354 e. The first kappa shape index (κ1) is 15.7. The number of piperidine rings is 1. The second-order valence-corrected chi connectivity index (χ2v) is 7.64. The molecule has 0 bridgehead atoms. The molecule has 1 amide bonds. The molecule has 2 saturated heterocycles. The SMILES string of the molecule is CN(C)c1nc2c(c(N3CC[C@@H]4CC(=O)N(C)[C@@H]4C3)n1)CCCC2. The van der Waals surface area contributed by atoms with Crippen LogP contribution in [0.15, 0.2) is 0 Å². The van der Waals surface area contributed by atoms with Crippen molar-refractivity contribution in [2.24, 2.45) is 5.92 Å². The van der Waals surface area contributed by atoms with Gasteiger partial charge in [0.1, 0.15) is 5.82 Å². The minimum atomic E-state index is 0.297. The molecule has 1 aromatic rings. The fourth-order valence-corrected chi connectivity index (χ4v) is 4.43. The van der Waals surface area contributed by atoms with Crippen molar-refractivity contribution in [2.75, 3.05) is 44.0 Å². The Labute approximate surface area is 143 Å². The van der Waals surface area contributed by atoms with Gasteiger partial charge in [-0.25, -0.2) is 4.98 Å². The number of rotatable bonds is 2. The highest BCUT2D eigenvalue weighted by Crippen LogP contribution is 2.36. The molecule has 0 saturated carbocycles. The van der Waals surface area contributed by atoms with E-state index < -0.39 is 0 Å². The molecular weight excluding hydrogens is 302 g/mol. The Bertz CT molecular complexity index is 659. The average molecular weight is 329 g/mol. The Morgan fingerprint density at radius 3 is 2.75 bits per heavy atom. The third-order valence-corrected chi connectivity index (χ3v) is 5.90. The molecule has 6 heteroatoms. The van der Waals surface area contributed by atoms with Gasteiger partial charge in [0.05, 0.1) is 11.7 Å². The van der Waals surface area contributed by atoms with Crippen molar-refractivity contribution < 1.29 is 4.79 Å². The zero-order chi connectivity index (χ0) is 16.8. The third-order valence-electron chi connectivity index (χ3n) is 5.90. The van der Waals surface area contributed by atoms with Crippen LogP contribution in [0.4, 0.5) is 11.8 Å². The van der Waals surface area contributed by atoms with Crippen LogP contribution >= 0.6 is 0 Å². The molecule has 6 nitrogen and oxygen atoms in total. The van der Waals surface area contributed by atoms with E-state index >= 15 is 0 Å². The van der Waals surface area contributed by atoms with E-state index in [4.69, 9.17) is 9.97 Å². The summed E-state index contributed by atoms with van der Waals surface area (Å²) in [7, 11) is 5.96. The van der Waals surface area contributed by atoms with Crippen LogP contribution in [-0.2, 0) is 17.6 Å². The van der Waals surface area contributed by atoms with Crippen LogP contribution in [0, 0.1) is 5.92 Å². The van der Waals surface area contributed by atoms with Gasteiger partial charge in [-0.1, -0.05) is 0 Å². The molecule has 24 heavy (non-hydrogen) atoms. The molecule has 130 valence electrons.